The molecule has 23 unspecified atom stereocenters. The minimum Gasteiger partial charge on any atom is -0.393 e. The Hall–Kier alpha value is -0.195. The zero-order valence-electron chi connectivity index (χ0n) is 52.5. The normalized spacial score (nSPS) is 39.4. The van der Waals surface area contributed by atoms with Crippen molar-refractivity contribution in [1.29, 1.82) is 0 Å². The third-order valence-electron chi connectivity index (χ3n) is 16.3. The van der Waals surface area contributed by atoms with Crippen LogP contribution >= 0.6 is 0 Å². The van der Waals surface area contributed by atoms with Crippen LogP contribution in [0, 0.1) is 88.8 Å². The molecule has 23 atom stereocenters. The molecule has 448 valence electrons. The zero-order chi connectivity index (χ0) is 60.5. The van der Waals surface area contributed by atoms with E-state index < -0.39 is 54.6 Å². The van der Waals surface area contributed by atoms with E-state index in [2.05, 4.69) is 96.9 Å². The van der Waals surface area contributed by atoms with E-state index >= 15 is 0 Å². The van der Waals surface area contributed by atoms with Crippen molar-refractivity contribution in [3.8, 4) is 0 Å². The van der Waals surface area contributed by atoms with E-state index in [1.807, 2.05) is 41.5 Å². The first-order chi connectivity index (χ1) is 35.9. The van der Waals surface area contributed by atoms with E-state index in [4.69, 9.17) is 62.9 Å². The van der Waals surface area contributed by atoms with Crippen LogP contribution in [0.1, 0.15) is 183 Å². The molecule has 0 amide bonds. The van der Waals surface area contributed by atoms with Gasteiger partial charge in [0.15, 0.2) is 0 Å². The van der Waals surface area contributed by atoms with Crippen molar-refractivity contribution in [3.05, 3.63) is 0 Å². The molecule has 0 bridgehead atoms. The van der Waals surface area contributed by atoms with Gasteiger partial charge < -0.3 is 64.5 Å². The average molecular weight is 1100 g/mol. The predicted molar refractivity (Wildman–Crippen MR) is 318 cm³/mol. The van der Waals surface area contributed by atoms with Crippen molar-refractivity contribution >= 4 is 39.2 Å². The molecule has 0 aromatic carbocycles. The number of rotatable bonds is 15. The first-order valence-electron chi connectivity index (χ1n) is 30.4. The second kappa shape index (κ2) is 35.9. The second-order valence-electron chi connectivity index (χ2n) is 27.6. The van der Waals surface area contributed by atoms with Gasteiger partial charge in [-0.3, -0.25) is 0 Å². The Bertz CT molecular complexity index is 1410. The Kier molecular flexibility index (Phi) is 34.9. The molecule has 5 saturated heterocycles. The van der Waals surface area contributed by atoms with Crippen molar-refractivity contribution in [2.75, 3.05) is 0 Å². The topological polar surface area (TPSA) is 208 Å². The molecule has 0 saturated carbocycles. The van der Waals surface area contributed by atoms with Gasteiger partial charge in [0.05, 0.1) is 79.4 Å². The molecule has 5 aliphatic rings. The van der Waals surface area contributed by atoms with Crippen LogP contribution in [0.15, 0.2) is 0 Å². The molecule has 5 fully saturated rings. The highest BCUT2D eigenvalue weighted by atomic mass is 16.5. The number of aliphatic hydroxyl groups is 8. The molecule has 5 rings (SSSR count). The maximum atomic E-state index is 10.1. The maximum Gasteiger partial charge on any atom is 0.112 e. The summed E-state index contributed by atoms with van der Waals surface area (Å²) >= 11 is 0. The van der Waals surface area contributed by atoms with E-state index in [1.54, 1.807) is 0 Å². The second-order valence-corrected chi connectivity index (χ2v) is 27.6. The molecule has 0 aromatic heterocycles. The fourth-order valence-electron chi connectivity index (χ4n) is 12.7. The summed E-state index contributed by atoms with van der Waals surface area (Å²) in [6.07, 6.45) is -0.176. The van der Waals surface area contributed by atoms with E-state index in [0.29, 0.717) is 54.3 Å². The van der Waals surface area contributed by atoms with E-state index in [-0.39, 0.29) is 102 Å². The third kappa shape index (κ3) is 24.4. The summed E-state index contributed by atoms with van der Waals surface area (Å²) in [5.74, 6) is 4.62. The molecule has 18 heteroatoms. The van der Waals surface area contributed by atoms with Crippen molar-refractivity contribution in [3.63, 3.8) is 0 Å². The maximum absolute atomic E-state index is 10.1. The quantitative estimate of drug-likeness (QED) is 0.0809. The lowest BCUT2D eigenvalue weighted by molar-refractivity contribution is -0.188. The fourth-order valence-corrected chi connectivity index (χ4v) is 12.7. The van der Waals surface area contributed by atoms with Crippen LogP contribution < -0.4 is 0 Å². The molecule has 13 nitrogen and oxygen atoms in total. The van der Waals surface area contributed by atoms with Gasteiger partial charge in [-0.15, -0.1) is 0 Å². The number of hydrogen-bond acceptors (Lipinski definition) is 13. The lowest BCUT2D eigenvalue weighted by Gasteiger charge is -2.45. The Morgan fingerprint density at radius 3 is 0.628 bits per heavy atom. The number of hydrogen-bond donors (Lipinski definition) is 8. The summed E-state index contributed by atoms with van der Waals surface area (Å²) < 4.78 is 28.4. The van der Waals surface area contributed by atoms with Crippen LogP contribution in [0.3, 0.4) is 0 Å². The van der Waals surface area contributed by atoms with Gasteiger partial charge in [0, 0.05) is 59.6 Å². The molecule has 8 N–H and O–H groups in total. The highest BCUT2D eigenvalue weighted by Gasteiger charge is 2.46. The van der Waals surface area contributed by atoms with Gasteiger partial charge in [-0.05, 0) is 104 Å². The van der Waals surface area contributed by atoms with Crippen LogP contribution in [0.2, 0.25) is 0 Å². The van der Waals surface area contributed by atoms with Crippen molar-refractivity contribution in [2.45, 2.75) is 293 Å². The van der Waals surface area contributed by atoms with Crippen molar-refractivity contribution in [2.24, 2.45) is 88.8 Å². The molecule has 5 heterocycles. The minimum absolute atomic E-state index is 0.0443. The molecule has 0 aromatic rings. The largest absolute Gasteiger partial charge is 0.393 e. The molecule has 0 spiro atoms. The molecule has 78 heavy (non-hydrogen) atoms. The van der Waals surface area contributed by atoms with Gasteiger partial charge in [0.25, 0.3) is 0 Å². The van der Waals surface area contributed by atoms with Gasteiger partial charge >= 0.3 is 0 Å². The van der Waals surface area contributed by atoms with Gasteiger partial charge in [-0.25, -0.2) is 0 Å². The number of aliphatic hydroxyl groups excluding tert-OH is 8. The minimum atomic E-state index is -0.976. The fraction of sp³-hybridized carbons (Fsp3) is 1.00. The summed E-state index contributed by atoms with van der Waals surface area (Å²) in [6, 6.07) is -2.89. The standard InChI is InChI=1S/3C12H23BO3.2C12H23BO2/c3*1-6(2)5-8-9(7(3)4)10(14)11(15)12(13)16-8;2*1-7(2)5-10-12(8(3)4)9(14)6-11(13)15-10/h3*6-12,14-15H,5H2,1-4H3;2*7-12,14H,5-6H2,1-4H3. The summed E-state index contributed by atoms with van der Waals surface area (Å²) in [5.41, 5.74) is 0. The van der Waals surface area contributed by atoms with Crippen LogP contribution in [0.25, 0.3) is 0 Å². The summed E-state index contributed by atoms with van der Waals surface area (Å²) in [6.45, 7) is 42.2. The SMILES string of the molecule is [B]C1CC(O)C(C(C)C)C(CC(C)C)O1.[B]C1CC(O)C(C(C)C)C(CC(C)C)O1.[B]C1OC(CC(C)C)C(C(C)C)C(O)C1O.[B]C1OC(CC(C)C)C(C(C)C)C(O)C1O.[B]C1OC(CC(C)C)C(C(C)C)C(O)C1O. The summed E-state index contributed by atoms with van der Waals surface area (Å²) in [7, 11) is 28.5. The molecular formula is C60H115B5O13. The first kappa shape index (κ1) is 75.8. The zero-order valence-corrected chi connectivity index (χ0v) is 52.5. The van der Waals surface area contributed by atoms with Crippen LogP contribution in [-0.2, 0) is 23.7 Å². The Labute approximate surface area is 483 Å². The van der Waals surface area contributed by atoms with Gasteiger partial charge in [-0.1, -0.05) is 138 Å². The summed E-state index contributed by atoms with van der Waals surface area (Å²) in [4.78, 5) is 0. The Morgan fingerprint density at radius 2 is 0.462 bits per heavy atom. The average Bonchev–Trinajstić information content (AvgIpc) is 3.25. The lowest BCUT2D eigenvalue weighted by atomic mass is 9.74. The monoisotopic (exact) mass is 1100 g/mol. The molecular weight excluding hydrogens is 983 g/mol. The Balaban J connectivity index is 0.000000488. The molecule has 10 radical (unpaired) electrons. The molecule has 5 aliphatic heterocycles. The highest BCUT2D eigenvalue weighted by Crippen LogP contribution is 2.38. The van der Waals surface area contributed by atoms with Crippen LogP contribution in [-0.4, -0.2) is 189 Å². The van der Waals surface area contributed by atoms with Gasteiger partial charge in [0.2, 0.25) is 0 Å². The van der Waals surface area contributed by atoms with Crippen molar-refractivity contribution < 1.29 is 64.5 Å². The van der Waals surface area contributed by atoms with Crippen LogP contribution in [0.5, 0.6) is 0 Å². The highest BCUT2D eigenvalue weighted by molar-refractivity contribution is 6.12. The summed E-state index contributed by atoms with van der Waals surface area (Å²) in [5, 5.41) is 79.4. The van der Waals surface area contributed by atoms with E-state index in [0.717, 1.165) is 32.1 Å². The number of ether oxygens (including phenoxy) is 5. The lowest BCUT2D eigenvalue weighted by Crippen LogP contribution is -2.56. The smallest absolute Gasteiger partial charge is 0.112 e. The van der Waals surface area contributed by atoms with Crippen molar-refractivity contribution in [1.82, 2.24) is 0 Å². The van der Waals surface area contributed by atoms with E-state index in [1.165, 1.54) is 0 Å². The van der Waals surface area contributed by atoms with Gasteiger partial charge in [0.1, 0.15) is 39.2 Å². The van der Waals surface area contributed by atoms with Gasteiger partial charge in [-0.2, -0.15) is 0 Å². The first-order valence-corrected chi connectivity index (χ1v) is 30.4. The third-order valence-corrected chi connectivity index (χ3v) is 16.3. The van der Waals surface area contributed by atoms with E-state index in [9.17, 15) is 40.9 Å². The van der Waals surface area contributed by atoms with Crippen LogP contribution in [0.4, 0.5) is 0 Å². The Morgan fingerprint density at radius 1 is 0.282 bits per heavy atom. The molecule has 0 aliphatic carbocycles. The predicted octanol–water partition coefficient (Wildman–Crippen LogP) is 6.66.